The Labute approximate surface area is 136 Å². The summed E-state index contributed by atoms with van der Waals surface area (Å²) < 4.78 is -0.0336. The number of carbonyl (C=O) groups is 2. The third kappa shape index (κ3) is 6.98. The van der Waals surface area contributed by atoms with Gasteiger partial charge in [0.05, 0.1) is 0 Å². The van der Waals surface area contributed by atoms with Crippen molar-refractivity contribution >= 4 is 23.6 Å². The van der Waals surface area contributed by atoms with Crippen molar-refractivity contribution in [3.8, 4) is 0 Å². The summed E-state index contributed by atoms with van der Waals surface area (Å²) in [6.07, 6.45) is 0.603. The first kappa shape index (κ1) is 18.6. The van der Waals surface area contributed by atoms with E-state index in [1.165, 1.54) is 11.8 Å². The molecule has 0 aliphatic heterocycles. The van der Waals surface area contributed by atoms with Gasteiger partial charge in [0, 0.05) is 16.4 Å². The number of rotatable bonds is 7. The van der Waals surface area contributed by atoms with Gasteiger partial charge in [-0.25, -0.2) is 4.79 Å². The standard InChI is InChI=1S/C17H25NO3S/c1-12(10-13-8-6-5-7-9-13)15(19)18-14(16(20)21)11-22-17(2,3)4/h5-9,12,14H,10-11H2,1-4H3,(H,18,19)(H,20,21). The van der Waals surface area contributed by atoms with E-state index >= 15 is 0 Å². The van der Waals surface area contributed by atoms with Gasteiger partial charge < -0.3 is 10.4 Å². The van der Waals surface area contributed by atoms with Crippen LogP contribution >= 0.6 is 11.8 Å². The van der Waals surface area contributed by atoms with Gasteiger partial charge in [-0.15, -0.1) is 0 Å². The zero-order chi connectivity index (χ0) is 16.8. The molecule has 122 valence electrons. The third-order valence-corrected chi connectivity index (χ3v) is 4.50. The number of hydrogen-bond acceptors (Lipinski definition) is 3. The summed E-state index contributed by atoms with van der Waals surface area (Å²) in [6, 6.07) is 8.87. The van der Waals surface area contributed by atoms with Gasteiger partial charge in [-0.3, -0.25) is 4.79 Å². The first-order valence-corrected chi connectivity index (χ1v) is 8.38. The Morgan fingerprint density at radius 3 is 2.32 bits per heavy atom. The average molecular weight is 323 g/mol. The number of nitrogens with one attached hydrogen (secondary N) is 1. The molecular formula is C17H25NO3S. The van der Waals surface area contributed by atoms with E-state index in [0.29, 0.717) is 12.2 Å². The summed E-state index contributed by atoms with van der Waals surface area (Å²) >= 11 is 1.53. The smallest absolute Gasteiger partial charge is 0.327 e. The second-order valence-corrected chi connectivity index (χ2v) is 8.26. The van der Waals surface area contributed by atoms with Crippen LogP contribution in [0, 0.1) is 5.92 Å². The lowest BCUT2D eigenvalue weighted by atomic mass is 10.0. The van der Waals surface area contributed by atoms with E-state index in [2.05, 4.69) is 5.32 Å². The van der Waals surface area contributed by atoms with Crippen molar-refractivity contribution in [2.45, 2.75) is 44.9 Å². The molecule has 1 aromatic carbocycles. The van der Waals surface area contributed by atoms with Crippen molar-refractivity contribution in [3.05, 3.63) is 35.9 Å². The third-order valence-electron chi connectivity index (χ3n) is 3.13. The molecule has 1 aromatic rings. The van der Waals surface area contributed by atoms with Gasteiger partial charge in [0.25, 0.3) is 0 Å². The second-order valence-electron chi connectivity index (χ2n) is 6.41. The van der Waals surface area contributed by atoms with Crippen molar-refractivity contribution in [1.82, 2.24) is 5.32 Å². The van der Waals surface area contributed by atoms with E-state index in [9.17, 15) is 14.7 Å². The number of amides is 1. The molecule has 0 heterocycles. The van der Waals surface area contributed by atoms with Crippen LogP contribution in [0.15, 0.2) is 30.3 Å². The number of hydrogen-bond donors (Lipinski definition) is 2. The van der Waals surface area contributed by atoms with Gasteiger partial charge >= 0.3 is 5.97 Å². The van der Waals surface area contributed by atoms with Gasteiger partial charge in [0.1, 0.15) is 6.04 Å². The monoisotopic (exact) mass is 323 g/mol. The molecule has 2 atom stereocenters. The summed E-state index contributed by atoms with van der Waals surface area (Å²) in [5.74, 6) is -1.10. The quantitative estimate of drug-likeness (QED) is 0.809. The number of carboxylic acid groups (broad SMARTS) is 1. The Morgan fingerprint density at radius 1 is 1.23 bits per heavy atom. The van der Waals surface area contributed by atoms with Crippen molar-refractivity contribution in [2.24, 2.45) is 5.92 Å². The lowest BCUT2D eigenvalue weighted by molar-refractivity contribution is -0.141. The maximum atomic E-state index is 12.2. The Bertz CT molecular complexity index is 496. The fourth-order valence-corrected chi connectivity index (χ4v) is 2.77. The highest BCUT2D eigenvalue weighted by atomic mass is 32.2. The van der Waals surface area contributed by atoms with E-state index in [1.54, 1.807) is 0 Å². The van der Waals surface area contributed by atoms with Crippen molar-refractivity contribution in [1.29, 1.82) is 0 Å². The van der Waals surface area contributed by atoms with E-state index in [4.69, 9.17) is 0 Å². The molecule has 0 saturated carbocycles. The molecule has 4 nitrogen and oxygen atoms in total. The summed E-state index contributed by atoms with van der Waals surface area (Å²) in [5.41, 5.74) is 1.07. The van der Waals surface area contributed by atoms with Crippen molar-refractivity contribution in [2.75, 3.05) is 5.75 Å². The Hall–Kier alpha value is -1.49. The molecule has 2 N–H and O–H groups in total. The van der Waals surface area contributed by atoms with Crippen molar-refractivity contribution in [3.63, 3.8) is 0 Å². The first-order valence-electron chi connectivity index (χ1n) is 7.40. The SMILES string of the molecule is CC(Cc1ccccc1)C(=O)NC(CSC(C)(C)C)C(=O)O. The zero-order valence-electron chi connectivity index (χ0n) is 13.6. The molecule has 0 aromatic heterocycles. The predicted octanol–water partition coefficient (Wildman–Crippen LogP) is 2.97. The van der Waals surface area contributed by atoms with Crippen LogP contribution in [0.5, 0.6) is 0 Å². The largest absolute Gasteiger partial charge is 0.480 e. The fourth-order valence-electron chi connectivity index (χ4n) is 1.88. The zero-order valence-corrected chi connectivity index (χ0v) is 14.4. The molecule has 1 amide bonds. The van der Waals surface area contributed by atoms with Crippen molar-refractivity contribution < 1.29 is 14.7 Å². The lowest BCUT2D eigenvalue weighted by Crippen LogP contribution is -2.45. The first-order chi connectivity index (χ1) is 10.2. The topological polar surface area (TPSA) is 66.4 Å². The van der Waals surface area contributed by atoms with Crippen LogP contribution in [0.3, 0.4) is 0 Å². The fraction of sp³-hybridized carbons (Fsp3) is 0.529. The summed E-state index contributed by atoms with van der Waals surface area (Å²) in [6.45, 7) is 7.89. The van der Waals surface area contributed by atoms with Crippen LogP contribution in [-0.2, 0) is 16.0 Å². The molecule has 22 heavy (non-hydrogen) atoms. The molecule has 0 aliphatic rings. The molecule has 0 fully saturated rings. The highest BCUT2D eigenvalue weighted by Crippen LogP contribution is 2.23. The summed E-state index contributed by atoms with van der Waals surface area (Å²) in [7, 11) is 0. The highest BCUT2D eigenvalue weighted by Gasteiger charge is 2.25. The lowest BCUT2D eigenvalue weighted by Gasteiger charge is -2.22. The van der Waals surface area contributed by atoms with Crippen LogP contribution < -0.4 is 5.32 Å². The van der Waals surface area contributed by atoms with E-state index in [0.717, 1.165) is 5.56 Å². The minimum atomic E-state index is -0.989. The van der Waals surface area contributed by atoms with E-state index in [-0.39, 0.29) is 16.6 Å². The van der Waals surface area contributed by atoms with Gasteiger partial charge in [0.2, 0.25) is 5.91 Å². The predicted molar refractivity (Wildman–Crippen MR) is 91.1 cm³/mol. The molecule has 0 radical (unpaired) electrons. The van der Waals surface area contributed by atoms with Gasteiger partial charge in [-0.2, -0.15) is 11.8 Å². The molecule has 1 rings (SSSR count). The summed E-state index contributed by atoms with van der Waals surface area (Å²) in [4.78, 5) is 23.5. The number of benzene rings is 1. The number of carbonyl (C=O) groups excluding carboxylic acids is 1. The second kappa shape index (κ2) is 8.22. The molecular weight excluding hydrogens is 298 g/mol. The molecule has 0 aliphatic carbocycles. The molecule has 0 spiro atoms. The normalized spacial score (nSPS) is 14.2. The molecule has 0 bridgehead atoms. The van der Waals surface area contributed by atoms with Crippen LogP contribution in [0.2, 0.25) is 0 Å². The maximum absolute atomic E-state index is 12.2. The van der Waals surface area contributed by atoms with Crippen LogP contribution in [0.4, 0.5) is 0 Å². The molecule has 5 heteroatoms. The Kier molecular flexibility index (Phi) is 6.94. The van der Waals surface area contributed by atoms with E-state index < -0.39 is 12.0 Å². The minimum Gasteiger partial charge on any atom is -0.480 e. The number of carboxylic acids is 1. The summed E-state index contributed by atoms with van der Waals surface area (Å²) in [5, 5.41) is 11.9. The van der Waals surface area contributed by atoms with Crippen LogP contribution in [0.1, 0.15) is 33.3 Å². The van der Waals surface area contributed by atoms with E-state index in [1.807, 2.05) is 58.0 Å². The average Bonchev–Trinajstić information content (AvgIpc) is 2.42. The Balaban J connectivity index is 2.57. The van der Waals surface area contributed by atoms with Gasteiger partial charge in [-0.05, 0) is 12.0 Å². The highest BCUT2D eigenvalue weighted by molar-refractivity contribution is 8.00. The molecule has 0 saturated heterocycles. The number of aliphatic carboxylic acids is 1. The van der Waals surface area contributed by atoms with Gasteiger partial charge in [0.15, 0.2) is 0 Å². The van der Waals surface area contributed by atoms with Crippen LogP contribution in [0.25, 0.3) is 0 Å². The minimum absolute atomic E-state index is 0.0336. The van der Waals surface area contributed by atoms with Crippen LogP contribution in [-0.4, -0.2) is 33.5 Å². The van der Waals surface area contributed by atoms with Gasteiger partial charge in [-0.1, -0.05) is 58.0 Å². The molecule has 2 unspecified atom stereocenters. The Morgan fingerprint density at radius 2 is 1.82 bits per heavy atom. The maximum Gasteiger partial charge on any atom is 0.327 e. The number of thioether (sulfide) groups is 1.